The Morgan fingerprint density at radius 3 is 1.94 bits per heavy atom. The Bertz CT molecular complexity index is 170. The molecule has 0 heterocycles. The molecule has 2 nitrogen and oxygen atoms in total. The van der Waals surface area contributed by atoms with Crippen molar-refractivity contribution in [3.05, 3.63) is 0 Å². The Morgan fingerprint density at radius 2 is 1.47 bits per heavy atom. The van der Waals surface area contributed by atoms with Gasteiger partial charge in [0.25, 0.3) is 0 Å². The second-order valence-corrected chi connectivity index (χ2v) is 5.84. The van der Waals surface area contributed by atoms with Crippen LogP contribution in [0.15, 0.2) is 0 Å². The molecule has 0 spiro atoms. The van der Waals surface area contributed by atoms with E-state index >= 15 is 0 Å². The lowest BCUT2D eigenvalue weighted by Gasteiger charge is -2.29. The number of rotatable bonds is 8. The minimum atomic E-state index is 0.118. The average molecular weight is 242 g/mol. The molecule has 2 heteroatoms. The first-order chi connectivity index (χ1) is 8.30. The summed E-state index contributed by atoms with van der Waals surface area (Å²) in [7, 11) is 0. The molecule has 0 aromatic heterocycles. The summed E-state index contributed by atoms with van der Waals surface area (Å²) in [5, 5.41) is 18.1. The van der Waals surface area contributed by atoms with Crippen LogP contribution in [-0.2, 0) is 0 Å². The Hall–Kier alpha value is -0.0800. The van der Waals surface area contributed by atoms with E-state index in [0.29, 0.717) is 0 Å². The summed E-state index contributed by atoms with van der Waals surface area (Å²) in [5.74, 6) is 1.96. The van der Waals surface area contributed by atoms with Crippen molar-refractivity contribution >= 4 is 0 Å². The first-order valence-corrected chi connectivity index (χ1v) is 7.51. The standard InChI is InChI=1S/C15H30O2/c1-2-3-4-13-5-7-14(8-6-13)9-10-15(11-16)12-17/h13-17H,2-12H2,1H3/t13-,14-. The van der Waals surface area contributed by atoms with E-state index in [1.807, 2.05) is 0 Å². The Balaban J connectivity index is 2.10. The van der Waals surface area contributed by atoms with Crippen molar-refractivity contribution in [3.63, 3.8) is 0 Å². The zero-order valence-electron chi connectivity index (χ0n) is 11.4. The molecular formula is C15H30O2. The summed E-state index contributed by atoms with van der Waals surface area (Å²) in [6.45, 7) is 2.56. The summed E-state index contributed by atoms with van der Waals surface area (Å²) in [6.07, 6.45) is 11.9. The molecule has 1 aliphatic rings. The van der Waals surface area contributed by atoms with E-state index < -0.39 is 0 Å². The maximum atomic E-state index is 9.03. The highest BCUT2D eigenvalue weighted by Crippen LogP contribution is 2.34. The quantitative estimate of drug-likeness (QED) is 0.685. The molecule has 0 bridgehead atoms. The molecule has 0 unspecified atom stereocenters. The molecule has 0 amide bonds. The van der Waals surface area contributed by atoms with Gasteiger partial charge in [-0.25, -0.2) is 0 Å². The Kier molecular flexibility index (Phi) is 7.87. The van der Waals surface area contributed by atoms with Crippen molar-refractivity contribution in [1.29, 1.82) is 0 Å². The highest BCUT2D eigenvalue weighted by Gasteiger charge is 2.21. The van der Waals surface area contributed by atoms with Gasteiger partial charge in [-0.1, -0.05) is 58.3 Å². The smallest absolute Gasteiger partial charge is 0.0481 e. The van der Waals surface area contributed by atoms with E-state index in [0.717, 1.165) is 18.3 Å². The highest BCUT2D eigenvalue weighted by molar-refractivity contribution is 4.73. The third-order valence-corrected chi connectivity index (χ3v) is 4.43. The van der Waals surface area contributed by atoms with Crippen LogP contribution in [-0.4, -0.2) is 23.4 Å². The van der Waals surface area contributed by atoms with Crippen LogP contribution in [0.5, 0.6) is 0 Å². The van der Waals surface area contributed by atoms with Gasteiger partial charge in [0, 0.05) is 19.1 Å². The zero-order chi connectivity index (χ0) is 12.5. The van der Waals surface area contributed by atoms with Crippen molar-refractivity contribution in [2.45, 2.75) is 64.7 Å². The predicted molar refractivity (Wildman–Crippen MR) is 71.9 cm³/mol. The summed E-state index contributed by atoms with van der Waals surface area (Å²) < 4.78 is 0. The van der Waals surface area contributed by atoms with E-state index in [-0.39, 0.29) is 19.1 Å². The number of hydrogen-bond acceptors (Lipinski definition) is 2. The van der Waals surface area contributed by atoms with Crippen LogP contribution in [0.25, 0.3) is 0 Å². The summed E-state index contributed by atoms with van der Waals surface area (Å²) in [5.41, 5.74) is 0. The van der Waals surface area contributed by atoms with E-state index in [4.69, 9.17) is 10.2 Å². The molecule has 0 aliphatic heterocycles. The molecule has 0 saturated heterocycles. The van der Waals surface area contributed by atoms with Crippen molar-refractivity contribution in [2.24, 2.45) is 17.8 Å². The van der Waals surface area contributed by atoms with Crippen LogP contribution in [0.1, 0.15) is 64.7 Å². The van der Waals surface area contributed by atoms with Gasteiger partial charge in [0.15, 0.2) is 0 Å². The van der Waals surface area contributed by atoms with Crippen LogP contribution in [0, 0.1) is 17.8 Å². The number of aliphatic hydroxyl groups is 2. The van der Waals surface area contributed by atoms with Crippen LogP contribution in [0.3, 0.4) is 0 Å². The van der Waals surface area contributed by atoms with Gasteiger partial charge >= 0.3 is 0 Å². The van der Waals surface area contributed by atoms with Crippen LogP contribution < -0.4 is 0 Å². The normalized spacial score (nSPS) is 25.4. The highest BCUT2D eigenvalue weighted by atomic mass is 16.3. The van der Waals surface area contributed by atoms with Gasteiger partial charge in [-0.05, 0) is 18.3 Å². The third-order valence-electron chi connectivity index (χ3n) is 4.43. The van der Waals surface area contributed by atoms with Crippen LogP contribution in [0.2, 0.25) is 0 Å². The van der Waals surface area contributed by atoms with Crippen LogP contribution >= 0.6 is 0 Å². The topological polar surface area (TPSA) is 40.5 Å². The average Bonchev–Trinajstić information content (AvgIpc) is 2.39. The predicted octanol–water partition coefficient (Wildman–Crippen LogP) is 3.36. The Morgan fingerprint density at radius 1 is 0.941 bits per heavy atom. The van der Waals surface area contributed by atoms with Crippen LogP contribution in [0.4, 0.5) is 0 Å². The van der Waals surface area contributed by atoms with E-state index in [2.05, 4.69) is 6.92 Å². The summed E-state index contributed by atoms with van der Waals surface area (Å²) in [4.78, 5) is 0. The summed E-state index contributed by atoms with van der Waals surface area (Å²) >= 11 is 0. The largest absolute Gasteiger partial charge is 0.396 e. The lowest BCUT2D eigenvalue weighted by Crippen LogP contribution is -2.17. The Labute approximate surface area is 106 Å². The molecule has 102 valence electrons. The molecule has 1 rings (SSSR count). The molecule has 17 heavy (non-hydrogen) atoms. The van der Waals surface area contributed by atoms with Crippen molar-refractivity contribution in [3.8, 4) is 0 Å². The lowest BCUT2D eigenvalue weighted by molar-refractivity contribution is 0.132. The maximum Gasteiger partial charge on any atom is 0.0481 e. The van der Waals surface area contributed by atoms with E-state index in [1.165, 1.54) is 51.4 Å². The van der Waals surface area contributed by atoms with Gasteiger partial charge < -0.3 is 10.2 Å². The van der Waals surface area contributed by atoms with E-state index in [1.54, 1.807) is 0 Å². The fraction of sp³-hybridized carbons (Fsp3) is 1.00. The second kappa shape index (κ2) is 8.93. The molecule has 1 aliphatic carbocycles. The molecular weight excluding hydrogens is 212 g/mol. The van der Waals surface area contributed by atoms with Gasteiger partial charge in [-0.15, -0.1) is 0 Å². The zero-order valence-corrected chi connectivity index (χ0v) is 11.4. The number of unbranched alkanes of at least 4 members (excludes halogenated alkanes) is 1. The van der Waals surface area contributed by atoms with Gasteiger partial charge in [0.2, 0.25) is 0 Å². The second-order valence-electron chi connectivity index (χ2n) is 5.84. The molecule has 0 atom stereocenters. The third kappa shape index (κ3) is 5.87. The minimum Gasteiger partial charge on any atom is -0.396 e. The number of hydrogen-bond donors (Lipinski definition) is 2. The minimum absolute atomic E-state index is 0.118. The van der Waals surface area contributed by atoms with Crippen molar-refractivity contribution < 1.29 is 10.2 Å². The molecule has 0 radical (unpaired) electrons. The summed E-state index contributed by atoms with van der Waals surface area (Å²) in [6, 6.07) is 0. The molecule has 1 fully saturated rings. The fourth-order valence-electron chi connectivity index (χ4n) is 3.01. The lowest BCUT2D eigenvalue weighted by atomic mass is 9.77. The molecule has 0 aromatic carbocycles. The molecule has 1 saturated carbocycles. The number of aliphatic hydroxyl groups excluding tert-OH is 2. The van der Waals surface area contributed by atoms with E-state index in [9.17, 15) is 0 Å². The van der Waals surface area contributed by atoms with Gasteiger partial charge in [0.1, 0.15) is 0 Å². The van der Waals surface area contributed by atoms with Crippen molar-refractivity contribution in [1.82, 2.24) is 0 Å². The first kappa shape index (κ1) is 15.0. The molecule has 2 N–H and O–H groups in total. The fourth-order valence-corrected chi connectivity index (χ4v) is 3.01. The first-order valence-electron chi connectivity index (χ1n) is 7.51. The maximum absolute atomic E-state index is 9.03. The SMILES string of the molecule is CCCC[C@H]1CC[C@H](CCC(CO)CO)CC1. The molecule has 0 aromatic rings. The van der Waals surface area contributed by atoms with Gasteiger partial charge in [-0.2, -0.15) is 0 Å². The van der Waals surface area contributed by atoms with Crippen molar-refractivity contribution in [2.75, 3.05) is 13.2 Å². The monoisotopic (exact) mass is 242 g/mol. The van der Waals surface area contributed by atoms with Gasteiger partial charge in [-0.3, -0.25) is 0 Å². The van der Waals surface area contributed by atoms with Gasteiger partial charge in [0.05, 0.1) is 0 Å².